The molecule has 0 aliphatic rings. The van der Waals surface area contributed by atoms with Gasteiger partial charge in [-0.3, -0.25) is 0 Å². The fraction of sp³-hybridized carbons (Fsp3) is 0.538. The van der Waals surface area contributed by atoms with Crippen LogP contribution in [0.2, 0.25) is 5.04 Å². The van der Waals surface area contributed by atoms with Gasteiger partial charge >= 0.3 is 0 Å². The summed E-state index contributed by atoms with van der Waals surface area (Å²) in [4.78, 5) is 0. The maximum atomic E-state index is 5.63. The predicted octanol–water partition coefficient (Wildman–Crippen LogP) is 2.80. The molecule has 0 atom stereocenters. The summed E-state index contributed by atoms with van der Waals surface area (Å²) in [5, 5.41) is 0.590. The molecule has 1 nitrogen and oxygen atoms in total. The van der Waals surface area contributed by atoms with Crippen molar-refractivity contribution in [3.8, 4) is 5.75 Å². The summed E-state index contributed by atoms with van der Waals surface area (Å²) in [5.74, 6) is 0.989. The maximum Gasteiger partial charge on any atom is 0.119 e. The molecule has 1 aromatic rings. The number of ether oxygens (including phenoxy) is 1. The van der Waals surface area contributed by atoms with E-state index in [1.165, 1.54) is 29.5 Å². The molecule has 0 radical (unpaired) electrons. The van der Waals surface area contributed by atoms with E-state index in [1.807, 2.05) is 30.3 Å². The van der Waals surface area contributed by atoms with Gasteiger partial charge in [0.1, 0.15) is 5.75 Å². The Bertz CT molecular complexity index is 264. The zero-order chi connectivity index (χ0) is 11.1. The second-order valence-electron chi connectivity index (χ2n) is 5.18. The molecule has 1 aromatic carbocycles. The molecule has 0 heterocycles. The van der Waals surface area contributed by atoms with Gasteiger partial charge in [-0.1, -0.05) is 38.5 Å². The molecule has 2 heteroatoms. The van der Waals surface area contributed by atoms with Crippen LogP contribution < -0.4 is 4.74 Å². The average molecular weight is 222 g/mol. The third-order valence-electron chi connectivity index (χ3n) is 2.33. The first-order chi connectivity index (χ1) is 7.08. The van der Waals surface area contributed by atoms with Crippen LogP contribution >= 0.6 is 0 Å². The Morgan fingerprint density at radius 2 is 1.80 bits per heavy atom. The van der Waals surface area contributed by atoms with Crippen molar-refractivity contribution < 1.29 is 4.74 Å². The van der Waals surface area contributed by atoms with Gasteiger partial charge in [0.25, 0.3) is 0 Å². The number of hydrogen-bond acceptors (Lipinski definition) is 1. The van der Waals surface area contributed by atoms with Crippen LogP contribution in [-0.4, -0.2) is 16.8 Å². The average Bonchev–Trinajstić information content (AvgIpc) is 2.17. The molecule has 0 N–H and O–H groups in total. The minimum absolute atomic E-state index is 0.590. The Hall–Kier alpha value is -0.763. The number of hydrogen-bond donors (Lipinski definition) is 0. The lowest BCUT2D eigenvalue weighted by atomic mass is 10.1. The van der Waals surface area contributed by atoms with Crippen LogP contribution in [0.1, 0.15) is 33.1 Å². The first kappa shape index (κ1) is 12.3. The van der Waals surface area contributed by atoms with Crippen molar-refractivity contribution in [2.45, 2.75) is 38.1 Å². The minimum atomic E-state index is 0.590. The van der Waals surface area contributed by atoms with Crippen molar-refractivity contribution in [1.29, 1.82) is 0 Å². The summed E-state index contributed by atoms with van der Waals surface area (Å²) in [7, 11) is 1.28. The van der Waals surface area contributed by atoms with Crippen LogP contribution in [0.3, 0.4) is 0 Å². The first-order valence-electron chi connectivity index (χ1n) is 5.76. The number of benzene rings is 1. The molecule has 15 heavy (non-hydrogen) atoms. The fourth-order valence-electron chi connectivity index (χ4n) is 1.46. The van der Waals surface area contributed by atoms with E-state index >= 15 is 0 Å². The van der Waals surface area contributed by atoms with Gasteiger partial charge < -0.3 is 4.74 Å². The van der Waals surface area contributed by atoms with Gasteiger partial charge in [-0.2, -0.15) is 0 Å². The second kappa shape index (κ2) is 5.96. The molecule has 0 amide bonds. The van der Waals surface area contributed by atoms with Crippen molar-refractivity contribution in [3.63, 3.8) is 0 Å². The van der Waals surface area contributed by atoms with E-state index in [1.54, 1.807) is 0 Å². The van der Waals surface area contributed by atoms with E-state index in [9.17, 15) is 0 Å². The SMILES string of the molecule is CC(C)([SiH3])CCCCOc1ccccc1. The van der Waals surface area contributed by atoms with Crippen molar-refractivity contribution in [2.24, 2.45) is 0 Å². The summed E-state index contributed by atoms with van der Waals surface area (Å²) in [6.45, 7) is 5.54. The summed E-state index contributed by atoms with van der Waals surface area (Å²) < 4.78 is 5.63. The molecule has 84 valence electrons. The molecular formula is C13H22OSi. The summed E-state index contributed by atoms with van der Waals surface area (Å²) in [6, 6.07) is 10.1. The number of unbranched alkanes of at least 4 members (excludes halogenated alkanes) is 1. The van der Waals surface area contributed by atoms with E-state index in [0.29, 0.717) is 5.04 Å². The zero-order valence-corrected chi connectivity index (χ0v) is 12.1. The van der Waals surface area contributed by atoms with Crippen molar-refractivity contribution >= 4 is 10.2 Å². The highest BCUT2D eigenvalue weighted by Crippen LogP contribution is 2.25. The third kappa shape index (κ3) is 6.34. The number of rotatable bonds is 6. The normalized spacial score (nSPS) is 11.6. The van der Waals surface area contributed by atoms with Gasteiger partial charge in [-0.15, -0.1) is 0 Å². The van der Waals surface area contributed by atoms with E-state index in [2.05, 4.69) is 13.8 Å². The Balaban J connectivity index is 2.08. The Morgan fingerprint density at radius 1 is 1.13 bits per heavy atom. The molecule has 0 fully saturated rings. The van der Waals surface area contributed by atoms with Crippen molar-refractivity contribution in [3.05, 3.63) is 30.3 Å². The largest absolute Gasteiger partial charge is 0.494 e. The Kier molecular flexibility index (Phi) is 4.89. The highest BCUT2D eigenvalue weighted by Gasteiger charge is 2.08. The zero-order valence-electron chi connectivity index (χ0n) is 10.1. The monoisotopic (exact) mass is 222 g/mol. The van der Waals surface area contributed by atoms with Crippen molar-refractivity contribution in [1.82, 2.24) is 0 Å². The molecule has 0 unspecified atom stereocenters. The summed E-state index contributed by atoms with van der Waals surface area (Å²) in [6.07, 6.45) is 3.78. The first-order valence-corrected chi connectivity index (χ1v) is 6.76. The van der Waals surface area contributed by atoms with E-state index in [4.69, 9.17) is 4.74 Å². The van der Waals surface area contributed by atoms with E-state index < -0.39 is 0 Å². The van der Waals surface area contributed by atoms with E-state index in [-0.39, 0.29) is 0 Å². The highest BCUT2D eigenvalue weighted by molar-refractivity contribution is 6.14. The van der Waals surface area contributed by atoms with Crippen LogP contribution in [0.5, 0.6) is 5.75 Å². The van der Waals surface area contributed by atoms with Gasteiger partial charge in [-0.05, 0) is 30.0 Å². The van der Waals surface area contributed by atoms with Crippen LogP contribution in [0, 0.1) is 0 Å². The molecule has 0 saturated carbocycles. The van der Waals surface area contributed by atoms with Crippen LogP contribution in [0.25, 0.3) is 0 Å². The molecule has 0 aromatic heterocycles. The lowest BCUT2D eigenvalue weighted by molar-refractivity contribution is 0.302. The molecule has 1 rings (SSSR count). The van der Waals surface area contributed by atoms with Gasteiger partial charge in [0.05, 0.1) is 6.61 Å². The molecule has 0 aliphatic carbocycles. The second-order valence-corrected chi connectivity index (χ2v) is 7.89. The predicted molar refractivity (Wildman–Crippen MR) is 69.8 cm³/mol. The Morgan fingerprint density at radius 3 is 2.40 bits per heavy atom. The van der Waals surface area contributed by atoms with Crippen LogP contribution in [0.15, 0.2) is 30.3 Å². The van der Waals surface area contributed by atoms with Gasteiger partial charge in [0.2, 0.25) is 0 Å². The smallest absolute Gasteiger partial charge is 0.119 e. The standard InChI is InChI=1S/C13H22OSi/c1-13(2,15)10-6-7-11-14-12-8-4-3-5-9-12/h3-5,8-9H,6-7,10-11H2,1-2,15H3. The molecular weight excluding hydrogens is 200 g/mol. The molecule has 0 saturated heterocycles. The fourth-order valence-corrected chi connectivity index (χ4v) is 1.82. The maximum absolute atomic E-state index is 5.63. The number of para-hydroxylation sites is 1. The minimum Gasteiger partial charge on any atom is -0.494 e. The molecule has 0 aliphatic heterocycles. The third-order valence-corrected chi connectivity index (χ3v) is 2.83. The lowest BCUT2D eigenvalue weighted by Gasteiger charge is -2.17. The summed E-state index contributed by atoms with van der Waals surface area (Å²) >= 11 is 0. The summed E-state index contributed by atoms with van der Waals surface area (Å²) in [5.41, 5.74) is 0. The van der Waals surface area contributed by atoms with Crippen LogP contribution in [-0.2, 0) is 0 Å². The quantitative estimate of drug-likeness (QED) is 0.531. The van der Waals surface area contributed by atoms with Crippen LogP contribution in [0.4, 0.5) is 0 Å². The molecule has 0 spiro atoms. The van der Waals surface area contributed by atoms with Crippen molar-refractivity contribution in [2.75, 3.05) is 6.61 Å². The topological polar surface area (TPSA) is 9.23 Å². The molecule has 0 bridgehead atoms. The van der Waals surface area contributed by atoms with Gasteiger partial charge in [0.15, 0.2) is 0 Å². The van der Waals surface area contributed by atoms with E-state index in [0.717, 1.165) is 12.4 Å². The highest BCUT2D eigenvalue weighted by atomic mass is 28.1. The van der Waals surface area contributed by atoms with Gasteiger partial charge in [0, 0.05) is 10.2 Å². The lowest BCUT2D eigenvalue weighted by Crippen LogP contribution is -2.03. The van der Waals surface area contributed by atoms with Gasteiger partial charge in [-0.25, -0.2) is 0 Å². The Labute approximate surface area is 96.3 Å².